The van der Waals surface area contributed by atoms with Gasteiger partial charge in [0.1, 0.15) is 5.82 Å². The number of thioether (sulfide) groups is 1. The largest absolute Gasteiger partial charge is 0.387 e. The molecule has 1 aromatic rings. The Balaban J connectivity index is 1.54. The van der Waals surface area contributed by atoms with Gasteiger partial charge in [0.25, 0.3) is 0 Å². The summed E-state index contributed by atoms with van der Waals surface area (Å²) in [4.78, 5) is 4.22. The first-order chi connectivity index (χ1) is 11.1. The molecule has 1 aliphatic heterocycles. The predicted octanol–water partition coefficient (Wildman–Crippen LogP) is 1.89. The molecule has 0 aromatic heterocycles. The molecule has 1 saturated heterocycles. The molecule has 1 aromatic carbocycles. The van der Waals surface area contributed by atoms with Gasteiger partial charge in [-0.25, -0.2) is 4.39 Å². The SMILES string of the molecule is CN=C(NCC1(O)CCSC1)NCC1(c2cccc(F)c2)CC1. The second-order valence-electron chi connectivity index (χ2n) is 6.60. The van der Waals surface area contributed by atoms with E-state index >= 15 is 0 Å². The van der Waals surface area contributed by atoms with Crippen LogP contribution in [0.3, 0.4) is 0 Å². The maximum absolute atomic E-state index is 13.4. The summed E-state index contributed by atoms with van der Waals surface area (Å²) in [5.41, 5.74) is 0.424. The smallest absolute Gasteiger partial charge is 0.191 e. The lowest BCUT2D eigenvalue weighted by Crippen LogP contribution is -2.48. The Bertz CT molecular complexity index is 583. The summed E-state index contributed by atoms with van der Waals surface area (Å²) in [5.74, 6) is 2.28. The normalized spacial score (nSPS) is 26.1. The zero-order valence-electron chi connectivity index (χ0n) is 13.4. The molecule has 126 valence electrons. The number of aliphatic hydroxyl groups is 1. The minimum atomic E-state index is -0.637. The minimum Gasteiger partial charge on any atom is -0.387 e. The lowest BCUT2D eigenvalue weighted by molar-refractivity contribution is 0.0724. The molecular formula is C17H24FN3OS. The Morgan fingerprint density at radius 1 is 1.30 bits per heavy atom. The van der Waals surface area contributed by atoms with Crippen molar-refractivity contribution in [3.8, 4) is 0 Å². The zero-order valence-corrected chi connectivity index (χ0v) is 14.3. The number of benzene rings is 1. The van der Waals surface area contributed by atoms with Crippen LogP contribution >= 0.6 is 11.8 Å². The van der Waals surface area contributed by atoms with E-state index in [1.807, 2.05) is 6.07 Å². The Morgan fingerprint density at radius 3 is 2.70 bits per heavy atom. The molecule has 1 saturated carbocycles. The van der Waals surface area contributed by atoms with Crippen LogP contribution in [0.2, 0.25) is 0 Å². The van der Waals surface area contributed by atoms with E-state index in [-0.39, 0.29) is 11.2 Å². The van der Waals surface area contributed by atoms with Crippen molar-refractivity contribution in [2.75, 3.05) is 31.6 Å². The fourth-order valence-corrected chi connectivity index (χ4v) is 4.29. The molecule has 2 fully saturated rings. The van der Waals surface area contributed by atoms with Gasteiger partial charge in [-0.3, -0.25) is 4.99 Å². The Morgan fingerprint density at radius 2 is 2.09 bits per heavy atom. The van der Waals surface area contributed by atoms with E-state index in [2.05, 4.69) is 15.6 Å². The predicted molar refractivity (Wildman–Crippen MR) is 93.6 cm³/mol. The van der Waals surface area contributed by atoms with E-state index in [9.17, 15) is 9.50 Å². The third-order valence-corrected chi connectivity index (χ3v) is 6.01. The molecule has 23 heavy (non-hydrogen) atoms. The second kappa shape index (κ2) is 6.69. The van der Waals surface area contributed by atoms with Gasteiger partial charge in [-0.05, 0) is 42.7 Å². The van der Waals surface area contributed by atoms with Crippen molar-refractivity contribution in [2.24, 2.45) is 4.99 Å². The topological polar surface area (TPSA) is 56.7 Å². The van der Waals surface area contributed by atoms with Gasteiger partial charge >= 0.3 is 0 Å². The molecule has 1 unspecified atom stereocenters. The number of guanidine groups is 1. The van der Waals surface area contributed by atoms with Crippen LogP contribution in [0, 0.1) is 5.82 Å². The summed E-state index contributed by atoms with van der Waals surface area (Å²) in [6, 6.07) is 6.87. The summed E-state index contributed by atoms with van der Waals surface area (Å²) in [5, 5.41) is 16.9. The van der Waals surface area contributed by atoms with Gasteiger partial charge in [0, 0.05) is 31.3 Å². The summed E-state index contributed by atoms with van der Waals surface area (Å²) >= 11 is 1.78. The van der Waals surface area contributed by atoms with Crippen LogP contribution < -0.4 is 10.6 Å². The van der Waals surface area contributed by atoms with Crippen molar-refractivity contribution >= 4 is 17.7 Å². The van der Waals surface area contributed by atoms with Crippen molar-refractivity contribution in [3.05, 3.63) is 35.6 Å². The Labute approximate surface area is 141 Å². The molecule has 0 amide bonds. The van der Waals surface area contributed by atoms with E-state index in [0.717, 1.165) is 42.9 Å². The lowest BCUT2D eigenvalue weighted by Gasteiger charge is -2.24. The minimum absolute atomic E-state index is 0.0137. The molecule has 0 spiro atoms. The monoisotopic (exact) mass is 337 g/mol. The summed E-state index contributed by atoms with van der Waals surface area (Å²) in [6.07, 6.45) is 2.93. The third kappa shape index (κ3) is 3.98. The lowest BCUT2D eigenvalue weighted by atomic mass is 9.96. The zero-order chi connectivity index (χ0) is 16.3. The molecule has 3 N–H and O–H groups in total. The van der Waals surface area contributed by atoms with Crippen molar-refractivity contribution in [2.45, 2.75) is 30.3 Å². The fourth-order valence-electron chi connectivity index (χ4n) is 2.99. The summed E-state index contributed by atoms with van der Waals surface area (Å²) < 4.78 is 13.4. The van der Waals surface area contributed by atoms with Gasteiger partial charge in [-0.15, -0.1) is 0 Å². The number of hydrogen-bond acceptors (Lipinski definition) is 3. The van der Waals surface area contributed by atoms with Gasteiger partial charge < -0.3 is 15.7 Å². The van der Waals surface area contributed by atoms with E-state index < -0.39 is 5.60 Å². The van der Waals surface area contributed by atoms with E-state index in [1.54, 1.807) is 30.9 Å². The molecule has 1 heterocycles. The number of hydrogen-bond donors (Lipinski definition) is 3. The number of halogens is 1. The molecule has 0 bridgehead atoms. The molecule has 6 heteroatoms. The molecule has 1 atom stereocenters. The Kier molecular flexibility index (Phi) is 4.82. The second-order valence-corrected chi connectivity index (χ2v) is 7.70. The van der Waals surface area contributed by atoms with Gasteiger partial charge in [0.05, 0.1) is 5.60 Å². The van der Waals surface area contributed by atoms with E-state index in [4.69, 9.17) is 0 Å². The van der Waals surface area contributed by atoms with Crippen LogP contribution in [0.5, 0.6) is 0 Å². The third-order valence-electron chi connectivity index (χ3n) is 4.78. The quantitative estimate of drug-likeness (QED) is 0.567. The average molecular weight is 337 g/mol. The molecule has 4 nitrogen and oxygen atoms in total. The number of rotatable bonds is 5. The maximum Gasteiger partial charge on any atom is 0.191 e. The highest BCUT2D eigenvalue weighted by Crippen LogP contribution is 2.47. The van der Waals surface area contributed by atoms with Gasteiger partial charge in [-0.1, -0.05) is 12.1 Å². The van der Waals surface area contributed by atoms with Crippen LogP contribution in [0.1, 0.15) is 24.8 Å². The molecule has 1 aliphatic carbocycles. The first kappa shape index (κ1) is 16.6. The molecule has 0 radical (unpaired) electrons. The highest BCUT2D eigenvalue weighted by molar-refractivity contribution is 7.99. The van der Waals surface area contributed by atoms with Gasteiger partial charge in [0.15, 0.2) is 5.96 Å². The fraction of sp³-hybridized carbons (Fsp3) is 0.588. The highest BCUT2D eigenvalue weighted by Gasteiger charge is 2.44. The van der Waals surface area contributed by atoms with Crippen LogP contribution in [-0.4, -0.2) is 48.3 Å². The average Bonchev–Trinajstić information content (AvgIpc) is 3.22. The van der Waals surface area contributed by atoms with Crippen molar-refractivity contribution < 1.29 is 9.50 Å². The van der Waals surface area contributed by atoms with Crippen LogP contribution in [0.4, 0.5) is 4.39 Å². The van der Waals surface area contributed by atoms with E-state index in [1.165, 1.54) is 6.07 Å². The number of aliphatic imine (C=N–C) groups is 1. The molecule has 2 aliphatic rings. The first-order valence-electron chi connectivity index (χ1n) is 8.06. The van der Waals surface area contributed by atoms with Crippen molar-refractivity contribution in [1.29, 1.82) is 0 Å². The first-order valence-corrected chi connectivity index (χ1v) is 9.22. The maximum atomic E-state index is 13.4. The molecule has 3 rings (SSSR count). The van der Waals surface area contributed by atoms with Crippen LogP contribution in [-0.2, 0) is 5.41 Å². The Hall–Kier alpha value is -1.27. The summed E-state index contributed by atoms with van der Waals surface area (Å²) in [7, 11) is 1.73. The van der Waals surface area contributed by atoms with Crippen molar-refractivity contribution in [1.82, 2.24) is 10.6 Å². The molecular weight excluding hydrogens is 313 g/mol. The van der Waals surface area contributed by atoms with Crippen LogP contribution in [0.25, 0.3) is 0 Å². The summed E-state index contributed by atoms with van der Waals surface area (Å²) in [6.45, 7) is 1.23. The highest BCUT2D eigenvalue weighted by atomic mass is 32.2. The van der Waals surface area contributed by atoms with E-state index in [0.29, 0.717) is 12.5 Å². The van der Waals surface area contributed by atoms with Crippen LogP contribution in [0.15, 0.2) is 29.3 Å². The number of nitrogens with zero attached hydrogens (tertiary/aromatic N) is 1. The van der Waals surface area contributed by atoms with Gasteiger partial charge in [0.2, 0.25) is 0 Å². The number of nitrogens with one attached hydrogen (secondary N) is 2. The van der Waals surface area contributed by atoms with Crippen molar-refractivity contribution in [3.63, 3.8) is 0 Å². The van der Waals surface area contributed by atoms with Gasteiger partial charge in [-0.2, -0.15) is 11.8 Å². The standard InChI is InChI=1S/C17H24FN3OS/c1-19-15(21-11-17(22)7-8-23-12-17)20-10-16(5-6-16)13-3-2-4-14(18)9-13/h2-4,9,22H,5-8,10-12H2,1H3,(H2,19,20,21).